The Hall–Kier alpha value is -1.60. The summed E-state index contributed by atoms with van der Waals surface area (Å²) in [5, 5.41) is 8.51. The Labute approximate surface area is 111 Å². The van der Waals surface area contributed by atoms with Crippen LogP contribution in [0.1, 0.15) is 38.5 Å². The summed E-state index contributed by atoms with van der Waals surface area (Å²) in [5.41, 5.74) is 10.4. The molecular weight excluding hydrogens is 252 g/mol. The first-order valence-electron chi connectivity index (χ1n) is 6.10. The highest BCUT2D eigenvalue weighted by Gasteiger charge is 2.17. The zero-order valence-corrected chi connectivity index (χ0v) is 10.8. The van der Waals surface area contributed by atoms with Crippen LogP contribution in [0.3, 0.4) is 0 Å². The van der Waals surface area contributed by atoms with Crippen molar-refractivity contribution in [1.82, 2.24) is 0 Å². The molecule has 0 bridgehead atoms. The number of rotatable bonds is 11. The SMILES string of the molecule is NCCC(=O)CCC(=O)CCC(=O)C[C@H](N)C(=O)O. The van der Waals surface area contributed by atoms with Gasteiger partial charge in [0.25, 0.3) is 0 Å². The van der Waals surface area contributed by atoms with Crippen molar-refractivity contribution in [2.24, 2.45) is 11.5 Å². The summed E-state index contributed by atoms with van der Waals surface area (Å²) in [4.78, 5) is 44.3. The number of carboxylic acid groups (broad SMARTS) is 1. The molecule has 0 heterocycles. The van der Waals surface area contributed by atoms with Crippen molar-refractivity contribution in [1.29, 1.82) is 0 Å². The molecule has 0 aliphatic carbocycles. The molecule has 0 amide bonds. The third-order valence-electron chi connectivity index (χ3n) is 2.55. The number of carbonyl (C=O) groups is 4. The number of carbonyl (C=O) groups excluding carboxylic acids is 3. The number of hydrogen-bond donors (Lipinski definition) is 3. The third kappa shape index (κ3) is 9.04. The normalized spacial score (nSPS) is 11.9. The van der Waals surface area contributed by atoms with Gasteiger partial charge in [-0.2, -0.15) is 0 Å². The molecule has 0 saturated heterocycles. The van der Waals surface area contributed by atoms with E-state index in [0.717, 1.165) is 0 Å². The van der Waals surface area contributed by atoms with Gasteiger partial charge in [0, 0.05) is 38.5 Å². The molecule has 1 atom stereocenters. The van der Waals surface area contributed by atoms with Gasteiger partial charge >= 0.3 is 5.97 Å². The highest BCUT2D eigenvalue weighted by Crippen LogP contribution is 2.04. The monoisotopic (exact) mass is 272 g/mol. The van der Waals surface area contributed by atoms with Crippen molar-refractivity contribution in [3.05, 3.63) is 0 Å². The maximum atomic E-state index is 11.4. The van der Waals surface area contributed by atoms with Crippen molar-refractivity contribution in [2.45, 2.75) is 44.6 Å². The van der Waals surface area contributed by atoms with E-state index in [-0.39, 0.29) is 62.4 Å². The molecule has 0 rings (SSSR count). The smallest absolute Gasteiger partial charge is 0.320 e. The standard InChI is InChI=1S/C12H20N2O5/c13-6-5-9(16)2-1-8(15)3-4-10(17)7-11(14)12(18)19/h11H,1-7,13-14H2,(H,18,19)/t11-/m0/s1. The summed E-state index contributed by atoms with van der Waals surface area (Å²) in [6, 6.07) is -1.23. The molecule has 7 nitrogen and oxygen atoms in total. The van der Waals surface area contributed by atoms with Crippen LogP contribution in [0.2, 0.25) is 0 Å². The van der Waals surface area contributed by atoms with Crippen molar-refractivity contribution < 1.29 is 24.3 Å². The minimum atomic E-state index is -1.24. The minimum Gasteiger partial charge on any atom is -0.480 e. The maximum absolute atomic E-state index is 11.4. The number of nitrogens with two attached hydrogens (primary N) is 2. The van der Waals surface area contributed by atoms with Gasteiger partial charge in [0.1, 0.15) is 23.4 Å². The molecule has 5 N–H and O–H groups in total. The predicted octanol–water partition coefficient (Wildman–Crippen LogP) is -0.595. The quantitative estimate of drug-likeness (QED) is 0.456. The summed E-state index contributed by atoms with van der Waals surface area (Å²) < 4.78 is 0. The van der Waals surface area contributed by atoms with E-state index in [1.165, 1.54) is 0 Å². The summed E-state index contributed by atoms with van der Waals surface area (Å²) >= 11 is 0. The van der Waals surface area contributed by atoms with E-state index in [1.807, 2.05) is 0 Å². The van der Waals surface area contributed by atoms with E-state index in [1.54, 1.807) is 0 Å². The summed E-state index contributed by atoms with van der Waals surface area (Å²) in [7, 11) is 0. The van der Waals surface area contributed by atoms with Crippen LogP contribution in [0.15, 0.2) is 0 Å². The summed E-state index contributed by atoms with van der Waals surface area (Å²) in [5.74, 6) is -1.87. The number of carboxylic acids is 1. The van der Waals surface area contributed by atoms with Gasteiger partial charge in [0.15, 0.2) is 0 Å². The van der Waals surface area contributed by atoms with Gasteiger partial charge in [-0.15, -0.1) is 0 Å². The second kappa shape index (κ2) is 9.35. The van der Waals surface area contributed by atoms with Gasteiger partial charge in [0.2, 0.25) is 0 Å². The Morgan fingerprint density at radius 1 is 0.842 bits per heavy atom. The van der Waals surface area contributed by atoms with Crippen LogP contribution < -0.4 is 11.5 Å². The molecule has 0 aromatic heterocycles. The molecule has 0 aromatic rings. The van der Waals surface area contributed by atoms with Crippen molar-refractivity contribution in [3.63, 3.8) is 0 Å². The van der Waals surface area contributed by atoms with Crippen LogP contribution >= 0.6 is 0 Å². The first-order chi connectivity index (χ1) is 8.86. The van der Waals surface area contributed by atoms with Crippen LogP contribution in [0, 0.1) is 0 Å². The Bertz CT molecular complexity index is 354. The first kappa shape index (κ1) is 17.4. The molecule has 0 aromatic carbocycles. The van der Waals surface area contributed by atoms with Crippen LogP contribution in [-0.4, -0.2) is 41.0 Å². The fourth-order valence-electron chi connectivity index (χ4n) is 1.40. The number of Topliss-reactive ketones (excluding diaryl/α,β-unsaturated/α-hetero) is 3. The number of ketones is 3. The Morgan fingerprint density at radius 2 is 1.26 bits per heavy atom. The van der Waals surface area contributed by atoms with Crippen molar-refractivity contribution >= 4 is 23.3 Å². The maximum Gasteiger partial charge on any atom is 0.320 e. The predicted molar refractivity (Wildman–Crippen MR) is 67.4 cm³/mol. The van der Waals surface area contributed by atoms with Gasteiger partial charge in [-0.25, -0.2) is 0 Å². The molecule has 108 valence electrons. The first-order valence-corrected chi connectivity index (χ1v) is 6.10. The topological polar surface area (TPSA) is 141 Å². The molecule has 0 aliphatic heterocycles. The van der Waals surface area contributed by atoms with Gasteiger partial charge < -0.3 is 16.6 Å². The summed E-state index contributed by atoms with van der Waals surface area (Å²) in [6.07, 6.45) is 0.177. The van der Waals surface area contributed by atoms with E-state index in [9.17, 15) is 19.2 Å². The molecule has 7 heteroatoms. The lowest BCUT2D eigenvalue weighted by Gasteiger charge is -2.05. The number of hydrogen-bond acceptors (Lipinski definition) is 6. The van der Waals surface area contributed by atoms with Crippen LogP contribution in [0.25, 0.3) is 0 Å². The van der Waals surface area contributed by atoms with Crippen LogP contribution in [0.4, 0.5) is 0 Å². The molecule has 0 unspecified atom stereocenters. The largest absolute Gasteiger partial charge is 0.480 e. The van der Waals surface area contributed by atoms with Crippen LogP contribution in [-0.2, 0) is 19.2 Å². The van der Waals surface area contributed by atoms with E-state index in [4.69, 9.17) is 16.6 Å². The van der Waals surface area contributed by atoms with Crippen molar-refractivity contribution in [3.8, 4) is 0 Å². The molecule has 19 heavy (non-hydrogen) atoms. The lowest BCUT2D eigenvalue weighted by molar-refractivity contribution is -0.140. The van der Waals surface area contributed by atoms with Gasteiger partial charge in [-0.3, -0.25) is 19.2 Å². The summed E-state index contributed by atoms with van der Waals surface area (Å²) in [6.45, 7) is 0.262. The number of aliphatic carboxylic acids is 1. The van der Waals surface area contributed by atoms with E-state index < -0.39 is 12.0 Å². The highest BCUT2D eigenvalue weighted by atomic mass is 16.4. The molecule has 0 aliphatic rings. The lowest BCUT2D eigenvalue weighted by Crippen LogP contribution is -2.32. The third-order valence-corrected chi connectivity index (χ3v) is 2.55. The van der Waals surface area contributed by atoms with E-state index in [2.05, 4.69) is 0 Å². The Balaban J connectivity index is 3.81. The second-order valence-electron chi connectivity index (χ2n) is 4.30. The van der Waals surface area contributed by atoms with Crippen molar-refractivity contribution in [2.75, 3.05) is 6.54 Å². The highest BCUT2D eigenvalue weighted by molar-refractivity contribution is 5.90. The van der Waals surface area contributed by atoms with E-state index in [0.29, 0.717) is 0 Å². The average molecular weight is 272 g/mol. The molecule has 0 spiro atoms. The zero-order valence-electron chi connectivity index (χ0n) is 10.8. The van der Waals surface area contributed by atoms with Gasteiger partial charge in [0.05, 0.1) is 0 Å². The fourth-order valence-corrected chi connectivity index (χ4v) is 1.40. The Kier molecular flexibility index (Phi) is 8.56. The fraction of sp³-hybridized carbons (Fsp3) is 0.667. The molecule has 0 radical (unpaired) electrons. The minimum absolute atomic E-state index is 0.0150. The second-order valence-corrected chi connectivity index (χ2v) is 4.30. The zero-order chi connectivity index (χ0) is 14.8. The molecule has 0 fully saturated rings. The van der Waals surface area contributed by atoms with Gasteiger partial charge in [-0.1, -0.05) is 0 Å². The van der Waals surface area contributed by atoms with Gasteiger partial charge in [-0.05, 0) is 6.54 Å². The molecular formula is C12H20N2O5. The van der Waals surface area contributed by atoms with Crippen LogP contribution in [0.5, 0.6) is 0 Å². The average Bonchev–Trinajstić information content (AvgIpc) is 2.34. The van der Waals surface area contributed by atoms with E-state index >= 15 is 0 Å². The Morgan fingerprint density at radius 3 is 1.68 bits per heavy atom. The molecule has 0 saturated carbocycles. The lowest BCUT2D eigenvalue weighted by atomic mass is 10.0.